The molecule has 0 radical (unpaired) electrons. The van der Waals surface area contributed by atoms with Gasteiger partial charge in [0.25, 0.3) is 0 Å². The lowest BCUT2D eigenvalue weighted by Gasteiger charge is -2.32. The number of piperidine rings is 1. The molecule has 0 N–H and O–H groups in total. The molecule has 0 unspecified atom stereocenters. The van der Waals surface area contributed by atoms with Crippen LogP contribution in [0.3, 0.4) is 0 Å². The Morgan fingerprint density at radius 2 is 1.80 bits per heavy atom. The number of rotatable bonds is 6. The van der Waals surface area contributed by atoms with Crippen LogP contribution in [0.15, 0.2) is 53.9 Å². The number of nitrogens with zero attached hydrogens (tertiary/aromatic N) is 2. The smallest absolute Gasteiger partial charge is 0.236 e. The number of carbonyl (C=O) groups excluding carboxylic acids is 1. The molecule has 160 valence electrons. The first kappa shape index (κ1) is 22.8. The number of halogens is 2. The van der Waals surface area contributed by atoms with Crippen LogP contribution in [0.2, 0.25) is 10.0 Å². The van der Waals surface area contributed by atoms with Gasteiger partial charge < -0.3 is 4.90 Å². The van der Waals surface area contributed by atoms with Gasteiger partial charge in [-0.05, 0) is 42.2 Å². The third kappa shape index (κ3) is 5.85. The number of hydrogen-bond donors (Lipinski definition) is 0. The zero-order valence-electron chi connectivity index (χ0n) is 16.7. The molecule has 5 nitrogen and oxygen atoms in total. The molecule has 2 aromatic rings. The molecule has 0 spiro atoms. The summed E-state index contributed by atoms with van der Waals surface area (Å²) in [7, 11) is -1.78. The molecular formula is C22H24Cl2N2O3S. The number of hydrogen-bond acceptors (Lipinski definition) is 3. The summed E-state index contributed by atoms with van der Waals surface area (Å²) in [6, 6.07) is 14.5. The normalized spacial score (nSPS) is 16.1. The van der Waals surface area contributed by atoms with E-state index in [-0.39, 0.29) is 11.8 Å². The Kier molecular flexibility index (Phi) is 7.58. The van der Waals surface area contributed by atoms with Crippen molar-refractivity contribution in [3.05, 3.63) is 75.1 Å². The SMILES string of the molecule is CN(Cc1ccc(Cl)cc1Cl)C(=O)C1CCN(S(=O)(=O)C=Cc2ccccc2)CC1. The Morgan fingerprint density at radius 3 is 2.43 bits per heavy atom. The van der Waals surface area contributed by atoms with E-state index in [0.717, 1.165) is 11.1 Å². The largest absolute Gasteiger partial charge is 0.341 e. The van der Waals surface area contributed by atoms with Gasteiger partial charge in [-0.3, -0.25) is 4.79 Å². The van der Waals surface area contributed by atoms with Crippen LogP contribution in [0.25, 0.3) is 6.08 Å². The first-order valence-electron chi connectivity index (χ1n) is 9.68. The van der Waals surface area contributed by atoms with Crippen molar-refractivity contribution < 1.29 is 13.2 Å². The minimum absolute atomic E-state index is 0.00195. The Balaban J connectivity index is 1.56. The topological polar surface area (TPSA) is 57.7 Å². The summed E-state index contributed by atoms with van der Waals surface area (Å²) in [5.74, 6) is -0.205. The summed E-state index contributed by atoms with van der Waals surface area (Å²) in [6.45, 7) is 1.04. The highest BCUT2D eigenvalue weighted by atomic mass is 35.5. The lowest BCUT2D eigenvalue weighted by molar-refractivity contribution is -0.135. The highest BCUT2D eigenvalue weighted by molar-refractivity contribution is 7.92. The molecule has 0 aliphatic carbocycles. The molecule has 0 saturated carbocycles. The summed E-state index contributed by atoms with van der Waals surface area (Å²) in [4.78, 5) is 14.5. The van der Waals surface area contributed by atoms with E-state index in [1.54, 1.807) is 30.2 Å². The molecule has 1 aliphatic rings. The van der Waals surface area contributed by atoms with Gasteiger partial charge in [-0.15, -0.1) is 0 Å². The van der Waals surface area contributed by atoms with Crippen molar-refractivity contribution >= 4 is 45.2 Å². The second-order valence-corrected chi connectivity index (χ2v) is 10.0. The van der Waals surface area contributed by atoms with Gasteiger partial charge in [-0.1, -0.05) is 59.6 Å². The van der Waals surface area contributed by atoms with Crippen LogP contribution in [-0.4, -0.2) is 43.7 Å². The molecule has 30 heavy (non-hydrogen) atoms. The monoisotopic (exact) mass is 466 g/mol. The fourth-order valence-corrected chi connectivity index (χ4v) is 5.16. The zero-order chi connectivity index (χ0) is 21.7. The van der Waals surface area contributed by atoms with Crippen molar-refractivity contribution in [3.8, 4) is 0 Å². The summed E-state index contributed by atoms with van der Waals surface area (Å²) >= 11 is 12.1. The van der Waals surface area contributed by atoms with Gasteiger partial charge in [0.1, 0.15) is 0 Å². The van der Waals surface area contributed by atoms with Crippen molar-refractivity contribution in [2.24, 2.45) is 5.92 Å². The van der Waals surface area contributed by atoms with Gasteiger partial charge in [0.05, 0.1) is 0 Å². The van der Waals surface area contributed by atoms with E-state index in [2.05, 4.69) is 0 Å². The quantitative estimate of drug-likeness (QED) is 0.621. The zero-order valence-corrected chi connectivity index (χ0v) is 19.0. The number of carbonyl (C=O) groups is 1. The summed E-state index contributed by atoms with van der Waals surface area (Å²) in [5, 5.41) is 2.31. The Morgan fingerprint density at radius 1 is 1.13 bits per heavy atom. The standard InChI is InChI=1S/C22H24Cl2N2O3S/c1-25(16-19-7-8-20(23)15-21(19)24)22(27)18-9-12-26(13-10-18)30(28,29)14-11-17-5-3-2-4-6-17/h2-8,11,14-15,18H,9-10,12-13,16H2,1H3. The van der Waals surface area contributed by atoms with E-state index in [1.807, 2.05) is 36.4 Å². The number of amides is 1. The van der Waals surface area contributed by atoms with E-state index >= 15 is 0 Å². The van der Waals surface area contributed by atoms with Crippen molar-refractivity contribution in [2.45, 2.75) is 19.4 Å². The molecule has 0 bridgehead atoms. The van der Waals surface area contributed by atoms with E-state index in [0.29, 0.717) is 42.5 Å². The summed E-state index contributed by atoms with van der Waals surface area (Å²) in [5.41, 5.74) is 1.65. The van der Waals surface area contributed by atoms with Crippen LogP contribution in [-0.2, 0) is 21.4 Å². The third-order valence-electron chi connectivity index (χ3n) is 5.19. The molecule has 1 amide bonds. The summed E-state index contributed by atoms with van der Waals surface area (Å²) < 4.78 is 26.6. The Labute approximate surface area is 187 Å². The molecule has 1 saturated heterocycles. The second-order valence-electron chi connectivity index (χ2n) is 7.36. The van der Waals surface area contributed by atoms with Crippen LogP contribution in [0, 0.1) is 5.92 Å². The van der Waals surface area contributed by atoms with E-state index in [1.165, 1.54) is 9.71 Å². The maximum absolute atomic E-state index is 12.8. The van der Waals surface area contributed by atoms with Gasteiger partial charge >= 0.3 is 0 Å². The van der Waals surface area contributed by atoms with Crippen LogP contribution in [0.4, 0.5) is 0 Å². The average molecular weight is 467 g/mol. The molecule has 0 atom stereocenters. The lowest BCUT2D eigenvalue weighted by Crippen LogP contribution is -2.42. The first-order valence-corrected chi connectivity index (χ1v) is 11.9. The van der Waals surface area contributed by atoms with Crippen molar-refractivity contribution in [2.75, 3.05) is 20.1 Å². The van der Waals surface area contributed by atoms with E-state index in [9.17, 15) is 13.2 Å². The highest BCUT2D eigenvalue weighted by Crippen LogP contribution is 2.25. The second kappa shape index (κ2) is 9.96. The maximum atomic E-state index is 12.8. The molecule has 0 aromatic heterocycles. The van der Waals surface area contributed by atoms with Crippen molar-refractivity contribution in [3.63, 3.8) is 0 Å². The first-order chi connectivity index (χ1) is 14.3. The van der Waals surface area contributed by atoms with Crippen LogP contribution >= 0.6 is 23.2 Å². The highest BCUT2D eigenvalue weighted by Gasteiger charge is 2.31. The van der Waals surface area contributed by atoms with E-state index in [4.69, 9.17) is 23.2 Å². The molecule has 1 fully saturated rings. The lowest BCUT2D eigenvalue weighted by atomic mass is 9.96. The molecule has 1 aliphatic heterocycles. The predicted molar refractivity (Wildman–Crippen MR) is 122 cm³/mol. The number of benzene rings is 2. The van der Waals surface area contributed by atoms with Gasteiger partial charge in [0.15, 0.2) is 0 Å². The molecular weight excluding hydrogens is 443 g/mol. The molecule has 3 rings (SSSR count). The fraction of sp³-hybridized carbons (Fsp3) is 0.318. The number of sulfonamides is 1. The van der Waals surface area contributed by atoms with Crippen molar-refractivity contribution in [1.29, 1.82) is 0 Å². The minimum atomic E-state index is -3.51. The van der Waals surface area contributed by atoms with Crippen LogP contribution in [0.1, 0.15) is 24.0 Å². The third-order valence-corrected chi connectivity index (χ3v) is 7.35. The van der Waals surface area contributed by atoms with E-state index < -0.39 is 10.0 Å². The Bertz CT molecular complexity index is 1020. The van der Waals surface area contributed by atoms with Gasteiger partial charge in [0.2, 0.25) is 15.9 Å². The average Bonchev–Trinajstić information content (AvgIpc) is 2.74. The fourth-order valence-electron chi connectivity index (χ4n) is 3.47. The van der Waals surface area contributed by atoms with Gasteiger partial charge in [-0.2, -0.15) is 4.31 Å². The molecule has 2 aromatic carbocycles. The maximum Gasteiger partial charge on any atom is 0.236 e. The van der Waals surface area contributed by atoms with Crippen LogP contribution in [0.5, 0.6) is 0 Å². The van der Waals surface area contributed by atoms with Crippen molar-refractivity contribution in [1.82, 2.24) is 9.21 Å². The Hall–Kier alpha value is -1.86. The molecule has 1 heterocycles. The predicted octanol–water partition coefficient (Wildman–Crippen LogP) is 4.66. The summed E-state index contributed by atoms with van der Waals surface area (Å²) in [6.07, 6.45) is 2.59. The minimum Gasteiger partial charge on any atom is -0.341 e. The van der Waals surface area contributed by atoms with Gasteiger partial charge in [0, 0.05) is 48.1 Å². The van der Waals surface area contributed by atoms with Crippen LogP contribution < -0.4 is 0 Å². The molecule has 8 heteroatoms. The van der Waals surface area contributed by atoms with Gasteiger partial charge in [-0.25, -0.2) is 8.42 Å².